The molecule has 4 aromatic rings. The maximum Gasteiger partial charge on any atom is 0.262 e. The molecule has 3 heterocycles. The van der Waals surface area contributed by atoms with Crippen molar-refractivity contribution < 1.29 is 28.3 Å². The second kappa shape index (κ2) is 9.09. The summed E-state index contributed by atoms with van der Waals surface area (Å²) in [5, 5.41) is 7.50. The van der Waals surface area contributed by atoms with E-state index in [9.17, 15) is 4.79 Å². The van der Waals surface area contributed by atoms with Crippen molar-refractivity contribution in [1.29, 1.82) is 0 Å². The van der Waals surface area contributed by atoms with Crippen LogP contribution in [-0.4, -0.2) is 25.0 Å². The molecule has 1 atom stereocenters. The molecule has 0 saturated carbocycles. The van der Waals surface area contributed by atoms with Gasteiger partial charge in [-0.15, -0.1) is 0 Å². The molecule has 0 spiro atoms. The summed E-state index contributed by atoms with van der Waals surface area (Å²) in [5.74, 6) is 2.96. The number of aromatic nitrogens is 1. The molecule has 1 aromatic heterocycles. The average Bonchev–Trinajstić information content (AvgIpc) is 3.52. The normalized spacial score (nSPS) is 15.8. The van der Waals surface area contributed by atoms with E-state index >= 15 is 0 Å². The topological polar surface area (TPSA) is 95.3 Å². The molecule has 0 radical (unpaired) electrons. The van der Waals surface area contributed by atoms with Crippen molar-refractivity contribution in [2.75, 3.05) is 24.1 Å². The van der Waals surface area contributed by atoms with E-state index in [0.29, 0.717) is 40.9 Å². The molecule has 3 aromatic carbocycles. The fourth-order valence-corrected chi connectivity index (χ4v) is 4.62. The van der Waals surface area contributed by atoms with Crippen molar-refractivity contribution >= 4 is 17.3 Å². The van der Waals surface area contributed by atoms with Gasteiger partial charge >= 0.3 is 0 Å². The number of rotatable bonds is 6. The first-order valence-corrected chi connectivity index (χ1v) is 11.8. The number of fused-ring (bicyclic) bond motifs is 2. The largest absolute Gasteiger partial charge is 0.493 e. The van der Waals surface area contributed by atoms with Crippen LogP contribution >= 0.6 is 0 Å². The van der Waals surface area contributed by atoms with E-state index in [4.69, 9.17) is 23.5 Å². The number of nitrogens with one attached hydrogen (secondary N) is 1. The molecule has 9 nitrogen and oxygen atoms in total. The molecular weight excluding hydrogens is 474 g/mol. The van der Waals surface area contributed by atoms with Crippen molar-refractivity contribution in [1.82, 2.24) is 5.16 Å². The SMILES string of the molecule is COc1cc(C2Nc3ccccc3C(=O)N2c2ccc3c(c2)OCO3)ccc1OCc1c(C)noc1C. The van der Waals surface area contributed by atoms with Gasteiger partial charge in [0.1, 0.15) is 18.5 Å². The van der Waals surface area contributed by atoms with Crippen LogP contribution in [0.15, 0.2) is 65.2 Å². The summed E-state index contributed by atoms with van der Waals surface area (Å²) < 4.78 is 28.0. The van der Waals surface area contributed by atoms with Gasteiger partial charge < -0.3 is 28.8 Å². The molecule has 2 aliphatic rings. The zero-order valence-electron chi connectivity index (χ0n) is 20.6. The van der Waals surface area contributed by atoms with Crippen molar-refractivity contribution in [3.63, 3.8) is 0 Å². The van der Waals surface area contributed by atoms with Crippen LogP contribution in [0, 0.1) is 13.8 Å². The number of hydrogen-bond donors (Lipinski definition) is 1. The number of carbonyl (C=O) groups is 1. The summed E-state index contributed by atoms with van der Waals surface area (Å²) in [6.07, 6.45) is -0.506. The summed E-state index contributed by atoms with van der Waals surface area (Å²) in [5.41, 5.74) is 4.53. The number of methoxy groups -OCH3 is 1. The number of para-hydroxylation sites is 1. The van der Waals surface area contributed by atoms with E-state index in [1.807, 2.05) is 74.5 Å². The summed E-state index contributed by atoms with van der Waals surface area (Å²) in [6, 6.07) is 18.6. The molecule has 2 aliphatic heterocycles. The first-order valence-electron chi connectivity index (χ1n) is 11.8. The van der Waals surface area contributed by atoms with Gasteiger partial charge in [0.2, 0.25) is 6.79 Å². The van der Waals surface area contributed by atoms with E-state index in [1.165, 1.54) is 0 Å². The van der Waals surface area contributed by atoms with E-state index in [-0.39, 0.29) is 12.7 Å². The van der Waals surface area contributed by atoms with Crippen LogP contribution in [0.3, 0.4) is 0 Å². The number of benzene rings is 3. The van der Waals surface area contributed by atoms with Gasteiger partial charge in [-0.1, -0.05) is 23.4 Å². The summed E-state index contributed by atoms with van der Waals surface area (Å²) in [6.45, 7) is 4.19. The molecular formula is C28H25N3O6. The van der Waals surface area contributed by atoms with Gasteiger partial charge in [-0.05, 0) is 55.8 Å². The quantitative estimate of drug-likeness (QED) is 0.378. The summed E-state index contributed by atoms with van der Waals surface area (Å²) in [7, 11) is 1.59. The average molecular weight is 500 g/mol. The Bertz CT molecular complexity index is 1480. The van der Waals surface area contributed by atoms with Crippen LogP contribution in [0.2, 0.25) is 0 Å². The molecule has 0 aliphatic carbocycles. The van der Waals surface area contributed by atoms with Gasteiger partial charge in [0.05, 0.1) is 29.6 Å². The van der Waals surface area contributed by atoms with Crippen molar-refractivity contribution in [3.8, 4) is 23.0 Å². The number of aryl methyl sites for hydroxylation is 2. The molecule has 1 amide bonds. The van der Waals surface area contributed by atoms with E-state index in [2.05, 4.69) is 10.5 Å². The van der Waals surface area contributed by atoms with Gasteiger partial charge in [-0.3, -0.25) is 9.69 Å². The Hall–Kier alpha value is -4.66. The number of ether oxygens (including phenoxy) is 4. The Morgan fingerprint density at radius 2 is 1.86 bits per heavy atom. The van der Waals surface area contributed by atoms with Gasteiger partial charge in [0, 0.05) is 11.8 Å². The van der Waals surface area contributed by atoms with Crippen LogP contribution in [0.1, 0.15) is 39.1 Å². The van der Waals surface area contributed by atoms with Crippen LogP contribution in [0.4, 0.5) is 11.4 Å². The van der Waals surface area contributed by atoms with Gasteiger partial charge in [0.15, 0.2) is 23.0 Å². The molecule has 6 rings (SSSR count). The maximum absolute atomic E-state index is 13.8. The van der Waals surface area contributed by atoms with Crippen LogP contribution < -0.4 is 29.2 Å². The van der Waals surface area contributed by atoms with E-state index in [1.54, 1.807) is 12.0 Å². The van der Waals surface area contributed by atoms with Crippen LogP contribution in [-0.2, 0) is 6.61 Å². The highest BCUT2D eigenvalue weighted by Crippen LogP contribution is 2.42. The predicted octanol–water partition coefficient (Wildman–Crippen LogP) is 5.38. The minimum atomic E-state index is -0.506. The highest BCUT2D eigenvalue weighted by atomic mass is 16.7. The minimum Gasteiger partial charge on any atom is -0.493 e. The van der Waals surface area contributed by atoms with Crippen molar-refractivity contribution in [2.24, 2.45) is 0 Å². The van der Waals surface area contributed by atoms with Gasteiger partial charge in [0.25, 0.3) is 5.91 Å². The Labute approximate surface area is 213 Å². The second-order valence-electron chi connectivity index (χ2n) is 8.81. The zero-order valence-corrected chi connectivity index (χ0v) is 20.6. The highest BCUT2D eigenvalue weighted by molar-refractivity contribution is 6.12. The molecule has 1 unspecified atom stereocenters. The number of anilines is 2. The number of hydrogen-bond acceptors (Lipinski definition) is 8. The standard InChI is InChI=1S/C28H25N3O6/c1-16-21(17(2)37-30-16)14-34-23-10-8-18(12-25(23)33-3)27-29-22-7-5-4-6-20(22)28(32)31(27)19-9-11-24-26(13-19)36-15-35-24/h4-13,27,29H,14-15H2,1-3H3. The lowest BCUT2D eigenvalue weighted by atomic mass is 10.0. The Morgan fingerprint density at radius 1 is 1.03 bits per heavy atom. The Morgan fingerprint density at radius 3 is 2.68 bits per heavy atom. The van der Waals surface area contributed by atoms with Crippen molar-refractivity contribution in [2.45, 2.75) is 26.6 Å². The molecule has 9 heteroatoms. The minimum absolute atomic E-state index is 0.129. The highest BCUT2D eigenvalue weighted by Gasteiger charge is 2.35. The van der Waals surface area contributed by atoms with Gasteiger partial charge in [-0.2, -0.15) is 0 Å². The lowest BCUT2D eigenvalue weighted by Crippen LogP contribution is -2.43. The number of amides is 1. The fourth-order valence-electron chi connectivity index (χ4n) is 4.62. The van der Waals surface area contributed by atoms with Crippen molar-refractivity contribution in [3.05, 3.63) is 88.8 Å². The summed E-state index contributed by atoms with van der Waals surface area (Å²) in [4.78, 5) is 15.5. The molecule has 0 bridgehead atoms. The number of carbonyl (C=O) groups excluding carboxylic acids is 1. The van der Waals surface area contributed by atoms with Crippen LogP contribution in [0.5, 0.6) is 23.0 Å². The third-order valence-electron chi connectivity index (χ3n) is 6.62. The maximum atomic E-state index is 13.8. The van der Waals surface area contributed by atoms with E-state index in [0.717, 1.165) is 28.3 Å². The smallest absolute Gasteiger partial charge is 0.262 e. The van der Waals surface area contributed by atoms with Crippen LogP contribution in [0.25, 0.3) is 0 Å². The molecule has 1 N–H and O–H groups in total. The molecule has 37 heavy (non-hydrogen) atoms. The van der Waals surface area contributed by atoms with Gasteiger partial charge in [-0.25, -0.2) is 0 Å². The molecule has 188 valence electrons. The predicted molar refractivity (Wildman–Crippen MR) is 135 cm³/mol. The lowest BCUT2D eigenvalue weighted by Gasteiger charge is -2.38. The summed E-state index contributed by atoms with van der Waals surface area (Å²) >= 11 is 0. The Balaban J connectivity index is 1.37. The monoisotopic (exact) mass is 499 g/mol. The fraction of sp³-hybridized carbons (Fsp3) is 0.214. The molecule has 0 saturated heterocycles. The third-order valence-corrected chi connectivity index (χ3v) is 6.62. The number of nitrogens with zero attached hydrogens (tertiary/aromatic N) is 2. The lowest BCUT2D eigenvalue weighted by molar-refractivity contribution is 0.0975. The molecule has 0 fully saturated rings. The third kappa shape index (κ3) is 3.98. The van der Waals surface area contributed by atoms with E-state index < -0.39 is 6.17 Å². The zero-order chi connectivity index (χ0) is 25.5. The first kappa shape index (κ1) is 22.8. The first-order chi connectivity index (χ1) is 18.0. The Kier molecular flexibility index (Phi) is 5.60. The second-order valence-corrected chi connectivity index (χ2v) is 8.81.